The van der Waals surface area contributed by atoms with E-state index in [-0.39, 0.29) is 60.9 Å². The lowest BCUT2D eigenvalue weighted by Gasteiger charge is -2.40. The van der Waals surface area contributed by atoms with Gasteiger partial charge in [-0.2, -0.15) is 0 Å². The zero-order valence-corrected chi connectivity index (χ0v) is 32.2. The second kappa shape index (κ2) is 14.3. The molecule has 2 saturated heterocycles. The molecule has 4 rings (SSSR count). The van der Waals surface area contributed by atoms with E-state index in [9.17, 15) is 33.6 Å². The van der Waals surface area contributed by atoms with Gasteiger partial charge in [0.15, 0.2) is 0 Å². The molecule has 0 spiro atoms. The summed E-state index contributed by atoms with van der Waals surface area (Å²) < 4.78 is 0. The molecule has 0 bridgehead atoms. The molecule has 2 heterocycles. The number of fused-ring (bicyclic) bond motifs is 1. The molecule has 0 radical (unpaired) electrons. The summed E-state index contributed by atoms with van der Waals surface area (Å²) in [6.45, 7) is 23.0. The van der Waals surface area contributed by atoms with Crippen LogP contribution in [-0.2, 0) is 28.8 Å². The zero-order valence-electron chi connectivity index (χ0n) is 32.2. The molecule has 0 aromatic rings. The first kappa shape index (κ1) is 40.0. The van der Waals surface area contributed by atoms with Crippen LogP contribution in [0.1, 0.15) is 101 Å². The van der Waals surface area contributed by atoms with Crippen LogP contribution in [0.3, 0.4) is 0 Å². The summed E-state index contributed by atoms with van der Waals surface area (Å²) in [5.74, 6) is -2.86. The Morgan fingerprint density at radius 3 is 2.00 bits per heavy atom. The van der Waals surface area contributed by atoms with Crippen LogP contribution >= 0.6 is 0 Å². The van der Waals surface area contributed by atoms with Gasteiger partial charge in [0.1, 0.15) is 12.1 Å². The summed E-state index contributed by atoms with van der Waals surface area (Å²) in [5, 5.41) is 11.2. The number of hydrogen-bond donors (Lipinski definition) is 4. The first-order valence-corrected chi connectivity index (χ1v) is 18.3. The van der Waals surface area contributed by atoms with Crippen molar-refractivity contribution < 1.29 is 33.6 Å². The Hall–Kier alpha value is -3.77. The summed E-state index contributed by atoms with van der Waals surface area (Å²) in [6, 6.07) is -4.20. The van der Waals surface area contributed by atoms with Crippen molar-refractivity contribution in [3.05, 3.63) is 12.7 Å². The van der Waals surface area contributed by atoms with Gasteiger partial charge in [-0.25, -0.2) is 4.79 Å². The molecule has 2 aliphatic heterocycles. The molecule has 0 unspecified atom stereocenters. The standard InChI is InChI=1S/C38H60N6O7/c1-12-15-39-32(49)29(47)23(16-21-13-14-21)40-31(48)28-27-22(38(27,10)11)19-44(28)33(50)30(36(5,6)7)42-34(51)41-24(35(2,3)4)20-43-25(45)17-37(8,9)18-26(43)46/h12,21-24,27-28,30H,1,13-20H2,2-11H3,(H,39,49)(H,40,48)(H2,41,42,51)/t22-,23-,24+,27+,28-,30+/m0/s1. The number of hydrogen-bond acceptors (Lipinski definition) is 7. The third-order valence-corrected chi connectivity index (χ3v) is 11.3. The fraction of sp³-hybridized carbons (Fsp3) is 0.763. The second-order valence-corrected chi connectivity index (χ2v) is 18.7. The molecule has 13 heteroatoms. The number of carbonyl (C=O) groups is 7. The van der Waals surface area contributed by atoms with E-state index in [1.54, 1.807) is 0 Å². The number of carbonyl (C=O) groups excluding carboxylic acids is 7. The molecule has 6 atom stereocenters. The number of nitrogens with zero attached hydrogens (tertiary/aromatic N) is 2. The minimum atomic E-state index is -1.04. The lowest BCUT2D eigenvalue weighted by atomic mass is 9.80. The number of piperidine rings is 2. The number of likely N-dealkylation sites (tertiary alicyclic amines) is 2. The van der Waals surface area contributed by atoms with E-state index < -0.39 is 69.9 Å². The fourth-order valence-electron chi connectivity index (χ4n) is 7.68. The van der Waals surface area contributed by atoms with Crippen LogP contribution in [0.25, 0.3) is 0 Å². The molecule has 4 aliphatic rings. The first-order valence-electron chi connectivity index (χ1n) is 18.3. The van der Waals surface area contributed by atoms with Gasteiger partial charge in [0.2, 0.25) is 29.4 Å². The third kappa shape index (κ3) is 9.18. The van der Waals surface area contributed by atoms with Gasteiger partial charge < -0.3 is 26.2 Å². The molecule has 0 aromatic carbocycles. The van der Waals surface area contributed by atoms with Crippen LogP contribution < -0.4 is 21.3 Å². The summed E-state index contributed by atoms with van der Waals surface area (Å²) in [6.07, 6.45) is 4.10. The smallest absolute Gasteiger partial charge is 0.315 e. The van der Waals surface area contributed by atoms with Crippen LogP contribution in [0.5, 0.6) is 0 Å². The maximum Gasteiger partial charge on any atom is 0.315 e. The van der Waals surface area contributed by atoms with Crippen molar-refractivity contribution in [2.75, 3.05) is 19.6 Å². The van der Waals surface area contributed by atoms with Gasteiger partial charge in [-0.05, 0) is 45.8 Å². The van der Waals surface area contributed by atoms with Crippen molar-refractivity contribution in [2.24, 2.45) is 39.4 Å². The Morgan fingerprint density at radius 1 is 0.902 bits per heavy atom. The highest BCUT2D eigenvalue weighted by atomic mass is 16.2. The average molecular weight is 713 g/mol. The molecule has 7 amide bonds. The highest BCUT2D eigenvalue weighted by Crippen LogP contribution is 2.65. The van der Waals surface area contributed by atoms with Crippen molar-refractivity contribution >= 4 is 41.4 Å². The van der Waals surface area contributed by atoms with Crippen molar-refractivity contribution in [2.45, 2.75) is 126 Å². The van der Waals surface area contributed by atoms with Gasteiger partial charge in [-0.3, -0.25) is 33.7 Å². The van der Waals surface area contributed by atoms with Crippen molar-refractivity contribution in [3.8, 4) is 0 Å². The lowest BCUT2D eigenvalue weighted by molar-refractivity contribution is -0.153. The molecule has 13 nitrogen and oxygen atoms in total. The summed E-state index contributed by atoms with van der Waals surface area (Å²) in [7, 11) is 0. The van der Waals surface area contributed by atoms with E-state index in [0.29, 0.717) is 13.0 Å². The van der Waals surface area contributed by atoms with Gasteiger partial charge in [0.25, 0.3) is 5.91 Å². The molecule has 0 aromatic heterocycles. The number of amides is 7. The van der Waals surface area contributed by atoms with E-state index >= 15 is 0 Å². The number of imide groups is 1. The minimum absolute atomic E-state index is 0.00202. The lowest BCUT2D eigenvalue weighted by Crippen LogP contribution is -2.63. The maximum absolute atomic E-state index is 14.5. The van der Waals surface area contributed by atoms with E-state index in [1.807, 2.05) is 55.4 Å². The number of urea groups is 1. The third-order valence-electron chi connectivity index (χ3n) is 11.3. The largest absolute Gasteiger partial charge is 0.346 e. The van der Waals surface area contributed by atoms with E-state index in [4.69, 9.17) is 0 Å². The van der Waals surface area contributed by atoms with Crippen molar-refractivity contribution in [3.63, 3.8) is 0 Å². The van der Waals surface area contributed by atoms with E-state index in [2.05, 4.69) is 41.7 Å². The monoisotopic (exact) mass is 712 g/mol. The maximum atomic E-state index is 14.5. The Bertz CT molecular complexity index is 1430. The molecule has 51 heavy (non-hydrogen) atoms. The number of ketones is 1. The van der Waals surface area contributed by atoms with Crippen LogP contribution in [0.2, 0.25) is 0 Å². The Balaban J connectivity index is 1.52. The van der Waals surface area contributed by atoms with Crippen LogP contribution in [0, 0.1) is 39.4 Å². The summed E-state index contributed by atoms with van der Waals surface area (Å²) in [5.41, 5.74) is -1.96. The Morgan fingerprint density at radius 2 is 1.49 bits per heavy atom. The van der Waals surface area contributed by atoms with E-state index in [1.165, 1.54) is 15.9 Å². The molecule has 284 valence electrons. The van der Waals surface area contributed by atoms with Gasteiger partial charge in [-0.1, -0.05) is 88.2 Å². The summed E-state index contributed by atoms with van der Waals surface area (Å²) >= 11 is 0. The summed E-state index contributed by atoms with van der Waals surface area (Å²) in [4.78, 5) is 96.7. The molecule has 2 aliphatic carbocycles. The number of rotatable bonds is 13. The zero-order chi connectivity index (χ0) is 38.4. The number of nitrogens with one attached hydrogen (secondary N) is 4. The predicted molar refractivity (Wildman–Crippen MR) is 192 cm³/mol. The van der Waals surface area contributed by atoms with Gasteiger partial charge >= 0.3 is 6.03 Å². The SMILES string of the molecule is C=CCNC(=O)C(=O)[C@H](CC1CC1)NC(=O)[C@@H]1[C@H]2[C@H](CN1C(=O)[C@@H](NC(=O)N[C@H](CN1C(=O)CC(C)(C)CC1=O)C(C)(C)C)C(C)(C)C)C2(C)C. The topological polar surface area (TPSA) is 174 Å². The number of Topliss-reactive ketones (excluding diaryl/α,β-unsaturated/α-hetero) is 1. The predicted octanol–water partition coefficient (Wildman–Crippen LogP) is 2.93. The van der Waals surface area contributed by atoms with Gasteiger partial charge in [0.05, 0.1) is 12.1 Å². The quantitative estimate of drug-likeness (QED) is 0.129. The van der Waals surface area contributed by atoms with E-state index in [0.717, 1.165) is 12.8 Å². The molecule has 4 N–H and O–H groups in total. The minimum Gasteiger partial charge on any atom is -0.346 e. The Labute approximate surface area is 302 Å². The first-order chi connectivity index (χ1) is 23.4. The molecular weight excluding hydrogens is 652 g/mol. The highest BCUT2D eigenvalue weighted by molar-refractivity contribution is 6.38. The normalized spacial score (nSPS) is 25.6. The average Bonchev–Trinajstić information content (AvgIpc) is 3.84. The van der Waals surface area contributed by atoms with Crippen molar-refractivity contribution in [1.29, 1.82) is 0 Å². The van der Waals surface area contributed by atoms with Crippen LogP contribution in [0.4, 0.5) is 4.79 Å². The Kier molecular flexibility index (Phi) is 11.2. The van der Waals surface area contributed by atoms with Crippen molar-refractivity contribution in [1.82, 2.24) is 31.1 Å². The fourth-order valence-corrected chi connectivity index (χ4v) is 7.68. The van der Waals surface area contributed by atoms with Crippen LogP contribution in [0.15, 0.2) is 12.7 Å². The van der Waals surface area contributed by atoms with Gasteiger partial charge in [-0.15, -0.1) is 6.58 Å². The van der Waals surface area contributed by atoms with Crippen LogP contribution in [-0.4, -0.2) is 95.0 Å². The second-order valence-electron chi connectivity index (χ2n) is 18.7. The molecule has 4 fully saturated rings. The highest BCUT2D eigenvalue weighted by Gasteiger charge is 2.70. The van der Waals surface area contributed by atoms with Gasteiger partial charge in [0, 0.05) is 32.5 Å². The molecular formula is C38H60N6O7. The molecule has 2 saturated carbocycles.